The van der Waals surface area contributed by atoms with Crippen molar-refractivity contribution in [2.24, 2.45) is 0 Å². The standard InChI is InChI=1S/C20H16BrF2NO4/c1-26-16-5-3-12(9-17(16)27-2)19(25)13-4-6-18(24-11-13)28-15-7-8-20(21,23)10-14(15)22/h3-11,15H,1-2H3. The Morgan fingerprint density at radius 3 is 2.46 bits per heavy atom. The summed E-state index contributed by atoms with van der Waals surface area (Å²) in [6.45, 7) is 0. The number of ketones is 1. The summed E-state index contributed by atoms with van der Waals surface area (Å²) >= 11 is 2.72. The number of nitrogens with zero attached hydrogens (tertiary/aromatic N) is 1. The van der Waals surface area contributed by atoms with Crippen LogP contribution in [0.15, 0.2) is 60.6 Å². The monoisotopic (exact) mass is 451 g/mol. The summed E-state index contributed by atoms with van der Waals surface area (Å²) in [5.74, 6) is -0.0112. The number of ether oxygens (including phenoxy) is 3. The van der Waals surface area contributed by atoms with Gasteiger partial charge in [0, 0.05) is 29.5 Å². The number of alkyl halides is 2. The topological polar surface area (TPSA) is 57.7 Å². The highest BCUT2D eigenvalue weighted by molar-refractivity contribution is 9.10. The van der Waals surface area contributed by atoms with Crippen LogP contribution in [-0.4, -0.2) is 35.7 Å². The number of carbonyl (C=O) groups is 1. The highest BCUT2D eigenvalue weighted by Gasteiger charge is 2.29. The smallest absolute Gasteiger partial charge is 0.214 e. The average molecular weight is 452 g/mol. The fourth-order valence-electron chi connectivity index (χ4n) is 2.58. The Hall–Kier alpha value is -2.74. The number of pyridine rings is 1. The van der Waals surface area contributed by atoms with E-state index in [1.165, 1.54) is 38.6 Å². The predicted molar refractivity (Wildman–Crippen MR) is 103 cm³/mol. The second-order valence-corrected chi connectivity index (χ2v) is 7.10. The Bertz CT molecular complexity index is 942. The van der Waals surface area contributed by atoms with Crippen molar-refractivity contribution in [2.45, 2.75) is 10.7 Å². The van der Waals surface area contributed by atoms with Crippen LogP contribution in [0, 0.1) is 0 Å². The summed E-state index contributed by atoms with van der Waals surface area (Å²) < 4.78 is 41.2. The Morgan fingerprint density at radius 1 is 1.14 bits per heavy atom. The molecule has 28 heavy (non-hydrogen) atoms. The van der Waals surface area contributed by atoms with Gasteiger partial charge in [-0.1, -0.05) is 0 Å². The fourth-order valence-corrected chi connectivity index (χ4v) is 2.95. The molecule has 1 aliphatic carbocycles. The van der Waals surface area contributed by atoms with Crippen molar-refractivity contribution in [3.63, 3.8) is 0 Å². The van der Waals surface area contributed by atoms with Gasteiger partial charge in [-0.3, -0.25) is 4.79 Å². The van der Waals surface area contributed by atoms with Crippen LogP contribution in [0.4, 0.5) is 8.78 Å². The Kier molecular flexibility index (Phi) is 5.79. The molecule has 2 atom stereocenters. The summed E-state index contributed by atoms with van der Waals surface area (Å²) in [6.07, 6.45) is 3.39. The van der Waals surface area contributed by atoms with E-state index in [1.54, 1.807) is 18.2 Å². The Labute approximate surface area is 168 Å². The van der Waals surface area contributed by atoms with Gasteiger partial charge in [0.05, 0.1) is 14.2 Å². The molecular weight excluding hydrogens is 436 g/mol. The first-order chi connectivity index (χ1) is 13.3. The maximum Gasteiger partial charge on any atom is 0.214 e. The van der Waals surface area contributed by atoms with Crippen LogP contribution in [0.5, 0.6) is 17.4 Å². The first-order valence-electron chi connectivity index (χ1n) is 8.18. The Morgan fingerprint density at radius 2 is 1.86 bits per heavy atom. The summed E-state index contributed by atoms with van der Waals surface area (Å²) in [6, 6.07) is 7.78. The van der Waals surface area contributed by atoms with E-state index in [0.717, 1.165) is 12.2 Å². The molecule has 1 heterocycles. The molecule has 0 fully saturated rings. The maximum absolute atomic E-state index is 13.9. The zero-order valence-corrected chi connectivity index (χ0v) is 16.6. The number of hydrogen-bond donors (Lipinski definition) is 0. The van der Waals surface area contributed by atoms with Crippen molar-refractivity contribution < 1.29 is 27.8 Å². The predicted octanol–water partition coefficient (Wildman–Crippen LogP) is 4.56. The van der Waals surface area contributed by atoms with Gasteiger partial charge in [0.25, 0.3) is 0 Å². The number of benzene rings is 1. The normalized spacial score (nSPS) is 21.0. The van der Waals surface area contributed by atoms with Crippen LogP contribution in [-0.2, 0) is 0 Å². The highest BCUT2D eigenvalue weighted by Crippen LogP contribution is 2.32. The van der Waals surface area contributed by atoms with Crippen molar-refractivity contribution >= 4 is 21.7 Å². The molecular formula is C20H16BrF2NO4. The molecule has 0 amide bonds. The first-order valence-corrected chi connectivity index (χ1v) is 8.97. The average Bonchev–Trinajstić information content (AvgIpc) is 2.69. The molecule has 3 rings (SSSR count). The Balaban J connectivity index is 1.74. The third-order valence-corrected chi connectivity index (χ3v) is 4.48. The van der Waals surface area contributed by atoms with Crippen LogP contribution < -0.4 is 14.2 Å². The first kappa shape index (κ1) is 20.0. The molecule has 2 aromatic rings. The molecule has 146 valence electrons. The fraction of sp³-hybridized carbons (Fsp3) is 0.200. The third-order valence-electron chi connectivity index (χ3n) is 3.99. The van der Waals surface area contributed by atoms with Crippen molar-refractivity contribution in [1.82, 2.24) is 4.98 Å². The van der Waals surface area contributed by atoms with Gasteiger partial charge in [0.15, 0.2) is 23.4 Å². The molecule has 2 unspecified atom stereocenters. The van der Waals surface area contributed by atoms with E-state index in [2.05, 4.69) is 20.9 Å². The minimum atomic E-state index is -2.03. The third kappa shape index (κ3) is 4.39. The molecule has 8 heteroatoms. The molecule has 1 aliphatic rings. The number of halogens is 3. The van der Waals surface area contributed by atoms with Gasteiger partial charge in [-0.05, 0) is 52.3 Å². The largest absolute Gasteiger partial charge is 0.493 e. The van der Waals surface area contributed by atoms with Crippen LogP contribution in [0.2, 0.25) is 0 Å². The summed E-state index contributed by atoms with van der Waals surface area (Å²) in [5, 5.41) is 0. The van der Waals surface area contributed by atoms with Crippen LogP contribution in [0.25, 0.3) is 0 Å². The number of methoxy groups -OCH3 is 2. The van der Waals surface area contributed by atoms with Crippen molar-refractivity contribution in [2.75, 3.05) is 14.2 Å². The van der Waals surface area contributed by atoms with E-state index in [0.29, 0.717) is 22.6 Å². The minimum absolute atomic E-state index is 0.1000. The van der Waals surface area contributed by atoms with Crippen molar-refractivity contribution in [3.05, 3.63) is 71.7 Å². The van der Waals surface area contributed by atoms with E-state index in [-0.39, 0.29) is 11.7 Å². The number of allylic oxidation sites excluding steroid dienone is 2. The minimum Gasteiger partial charge on any atom is -0.493 e. The van der Waals surface area contributed by atoms with Crippen LogP contribution in [0.1, 0.15) is 15.9 Å². The van der Waals surface area contributed by atoms with Gasteiger partial charge in [0.1, 0.15) is 5.83 Å². The lowest BCUT2D eigenvalue weighted by Crippen LogP contribution is -2.23. The van der Waals surface area contributed by atoms with Gasteiger partial charge >= 0.3 is 0 Å². The number of rotatable bonds is 6. The number of aromatic nitrogens is 1. The van der Waals surface area contributed by atoms with Crippen LogP contribution >= 0.6 is 15.9 Å². The summed E-state index contributed by atoms with van der Waals surface area (Å²) in [7, 11) is 2.99. The summed E-state index contributed by atoms with van der Waals surface area (Å²) in [5.41, 5.74) is 0.715. The quantitative estimate of drug-likeness (QED) is 0.366. The summed E-state index contributed by atoms with van der Waals surface area (Å²) in [4.78, 5) is 16.7. The molecule has 1 aromatic carbocycles. The molecule has 0 spiro atoms. The molecule has 0 saturated heterocycles. The van der Waals surface area contributed by atoms with Gasteiger partial charge in [-0.15, -0.1) is 0 Å². The van der Waals surface area contributed by atoms with E-state index >= 15 is 0 Å². The zero-order chi connectivity index (χ0) is 20.3. The molecule has 0 bridgehead atoms. The van der Waals surface area contributed by atoms with E-state index in [4.69, 9.17) is 14.2 Å². The van der Waals surface area contributed by atoms with Crippen molar-refractivity contribution in [1.29, 1.82) is 0 Å². The lowest BCUT2D eigenvalue weighted by molar-refractivity contribution is 0.103. The van der Waals surface area contributed by atoms with E-state index in [1.807, 2.05) is 0 Å². The molecule has 5 nitrogen and oxygen atoms in total. The molecule has 0 saturated carbocycles. The second-order valence-electron chi connectivity index (χ2n) is 5.89. The SMILES string of the molecule is COc1ccc(C(=O)c2ccc(OC3C=CC(F)(Br)C=C3F)nc2)cc1OC. The second kappa shape index (κ2) is 8.10. The van der Waals surface area contributed by atoms with Crippen LogP contribution in [0.3, 0.4) is 0 Å². The molecule has 0 N–H and O–H groups in total. The van der Waals surface area contributed by atoms with Gasteiger partial charge in [-0.2, -0.15) is 0 Å². The lowest BCUT2D eigenvalue weighted by Gasteiger charge is -2.20. The maximum atomic E-state index is 13.9. The number of hydrogen-bond acceptors (Lipinski definition) is 5. The van der Waals surface area contributed by atoms with Gasteiger partial charge < -0.3 is 14.2 Å². The van der Waals surface area contributed by atoms with Gasteiger partial charge in [0.2, 0.25) is 10.5 Å². The molecule has 0 aliphatic heterocycles. The van der Waals surface area contributed by atoms with E-state index < -0.39 is 16.5 Å². The number of carbonyl (C=O) groups excluding carboxylic acids is 1. The highest BCUT2D eigenvalue weighted by atomic mass is 79.9. The zero-order valence-electron chi connectivity index (χ0n) is 15.0. The lowest BCUT2D eigenvalue weighted by atomic mass is 10.0. The van der Waals surface area contributed by atoms with Gasteiger partial charge in [-0.25, -0.2) is 13.8 Å². The van der Waals surface area contributed by atoms with E-state index in [9.17, 15) is 13.6 Å². The molecule has 1 aromatic heterocycles. The van der Waals surface area contributed by atoms with Crippen molar-refractivity contribution in [3.8, 4) is 17.4 Å². The molecule has 0 radical (unpaired) electrons.